The fourth-order valence-corrected chi connectivity index (χ4v) is 1.44. The number of aromatic nitrogens is 2. The van der Waals surface area contributed by atoms with Gasteiger partial charge in [0.25, 0.3) is 5.89 Å². The van der Waals surface area contributed by atoms with Gasteiger partial charge < -0.3 is 21.7 Å². The first-order valence-electron chi connectivity index (χ1n) is 5.40. The molecule has 1 aromatic heterocycles. The monoisotopic (exact) mass is 259 g/mol. The van der Waals surface area contributed by atoms with Crippen molar-refractivity contribution in [2.75, 3.05) is 0 Å². The fraction of sp³-hybridized carbons (Fsp3) is 0.0909. The first-order chi connectivity index (χ1) is 9.06. The van der Waals surface area contributed by atoms with E-state index in [2.05, 4.69) is 20.1 Å². The number of para-hydroxylation sites is 1. The van der Waals surface area contributed by atoms with Gasteiger partial charge in [0.2, 0.25) is 5.96 Å². The first-order valence-corrected chi connectivity index (χ1v) is 5.40. The van der Waals surface area contributed by atoms with Crippen LogP contribution in [-0.4, -0.2) is 22.1 Å². The maximum Gasteiger partial charge on any atom is 0.260 e. The molecule has 0 amide bonds. The number of guanidine groups is 2. The molecule has 1 heterocycles. The van der Waals surface area contributed by atoms with E-state index >= 15 is 0 Å². The highest BCUT2D eigenvalue weighted by molar-refractivity contribution is 5.94. The molecule has 0 saturated heterocycles. The van der Waals surface area contributed by atoms with Crippen LogP contribution in [0.4, 0.5) is 5.69 Å². The Kier molecular flexibility index (Phi) is 3.42. The van der Waals surface area contributed by atoms with Gasteiger partial charge in [-0.3, -0.25) is 0 Å². The van der Waals surface area contributed by atoms with E-state index in [1.54, 1.807) is 25.1 Å². The lowest BCUT2D eigenvalue weighted by Crippen LogP contribution is -2.26. The lowest BCUT2D eigenvalue weighted by molar-refractivity contribution is 0.426. The average Bonchev–Trinajstić information content (AvgIpc) is 2.75. The average molecular weight is 259 g/mol. The maximum absolute atomic E-state index is 5.59. The van der Waals surface area contributed by atoms with Crippen LogP contribution in [0.25, 0.3) is 11.5 Å². The van der Waals surface area contributed by atoms with Crippen molar-refractivity contribution in [2.24, 2.45) is 27.2 Å². The summed E-state index contributed by atoms with van der Waals surface area (Å²) in [7, 11) is 0. The van der Waals surface area contributed by atoms with Gasteiger partial charge in [0.05, 0.1) is 11.3 Å². The standard InChI is InChI=1S/C11H13N7O/c1-6-15-9(19-18-6)7-4-2-3-5-8(7)16-11(14)17-10(12)13/h2-5H,1H3,(H6,12,13,14,16,17). The molecule has 0 aliphatic rings. The second kappa shape index (κ2) is 5.17. The second-order valence-electron chi connectivity index (χ2n) is 3.67. The summed E-state index contributed by atoms with van der Waals surface area (Å²) < 4.78 is 5.10. The third-order valence-electron chi connectivity index (χ3n) is 2.14. The summed E-state index contributed by atoms with van der Waals surface area (Å²) >= 11 is 0. The lowest BCUT2D eigenvalue weighted by Gasteiger charge is -2.01. The van der Waals surface area contributed by atoms with E-state index in [4.69, 9.17) is 21.7 Å². The molecule has 0 atom stereocenters. The summed E-state index contributed by atoms with van der Waals surface area (Å²) in [6.45, 7) is 1.73. The zero-order valence-corrected chi connectivity index (χ0v) is 10.2. The van der Waals surface area contributed by atoms with Gasteiger partial charge >= 0.3 is 0 Å². The van der Waals surface area contributed by atoms with Crippen molar-refractivity contribution in [2.45, 2.75) is 6.92 Å². The van der Waals surface area contributed by atoms with Gasteiger partial charge in [0, 0.05) is 0 Å². The van der Waals surface area contributed by atoms with Crippen molar-refractivity contribution in [3.05, 3.63) is 30.1 Å². The molecule has 8 heteroatoms. The number of benzene rings is 1. The van der Waals surface area contributed by atoms with E-state index in [-0.39, 0.29) is 11.9 Å². The van der Waals surface area contributed by atoms with Gasteiger partial charge in [-0.25, -0.2) is 4.99 Å². The molecular formula is C11H13N7O. The van der Waals surface area contributed by atoms with Crippen molar-refractivity contribution in [1.29, 1.82) is 0 Å². The van der Waals surface area contributed by atoms with Crippen molar-refractivity contribution in [3.8, 4) is 11.5 Å². The van der Waals surface area contributed by atoms with Crippen LogP contribution in [-0.2, 0) is 0 Å². The number of hydrogen-bond donors (Lipinski definition) is 3. The van der Waals surface area contributed by atoms with Crippen LogP contribution in [0, 0.1) is 6.92 Å². The summed E-state index contributed by atoms with van der Waals surface area (Å²) in [4.78, 5) is 11.9. The molecule has 6 N–H and O–H groups in total. The van der Waals surface area contributed by atoms with Crippen molar-refractivity contribution < 1.29 is 4.52 Å². The molecule has 1 aromatic carbocycles. The Morgan fingerprint density at radius 1 is 1.21 bits per heavy atom. The Labute approximate surface area is 109 Å². The van der Waals surface area contributed by atoms with E-state index in [0.29, 0.717) is 23.0 Å². The topological polar surface area (TPSA) is 142 Å². The van der Waals surface area contributed by atoms with E-state index in [0.717, 1.165) is 0 Å². The van der Waals surface area contributed by atoms with Crippen LogP contribution >= 0.6 is 0 Å². The van der Waals surface area contributed by atoms with Gasteiger partial charge in [-0.2, -0.15) is 9.98 Å². The molecule has 0 fully saturated rings. The molecule has 2 aromatic rings. The number of nitrogens with two attached hydrogens (primary N) is 3. The quantitative estimate of drug-likeness (QED) is 0.521. The number of aliphatic imine (C=N–C) groups is 2. The van der Waals surface area contributed by atoms with E-state index in [1.807, 2.05) is 6.07 Å². The van der Waals surface area contributed by atoms with E-state index in [9.17, 15) is 0 Å². The minimum Gasteiger partial charge on any atom is -0.370 e. The fourth-order valence-electron chi connectivity index (χ4n) is 1.44. The summed E-state index contributed by atoms with van der Waals surface area (Å²) in [5.41, 5.74) is 17.2. The zero-order valence-electron chi connectivity index (χ0n) is 10.2. The molecular weight excluding hydrogens is 246 g/mol. The third-order valence-corrected chi connectivity index (χ3v) is 2.14. The summed E-state index contributed by atoms with van der Waals surface area (Å²) in [5.74, 6) is 0.677. The Hall–Kier alpha value is -2.90. The zero-order chi connectivity index (χ0) is 13.8. The van der Waals surface area contributed by atoms with Crippen LogP contribution in [0.1, 0.15) is 5.82 Å². The smallest absolute Gasteiger partial charge is 0.260 e. The van der Waals surface area contributed by atoms with Gasteiger partial charge in [0.1, 0.15) is 0 Å². The number of nitrogens with zero attached hydrogens (tertiary/aromatic N) is 4. The Morgan fingerprint density at radius 3 is 2.58 bits per heavy atom. The molecule has 0 aliphatic heterocycles. The van der Waals surface area contributed by atoms with E-state index < -0.39 is 0 Å². The second-order valence-corrected chi connectivity index (χ2v) is 3.67. The molecule has 0 radical (unpaired) electrons. The predicted octanol–water partition coefficient (Wildman–Crippen LogP) is 0.265. The lowest BCUT2D eigenvalue weighted by atomic mass is 10.2. The Balaban J connectivity index is 2.45. The molecule has 0 aliphatic carbocycles. The summed E-state index contributed by atoms with van der Waals surface area (Å²) in [5, 5.41) is 3.73. The van der Waals surface area contributed by atoms with E-state index in [1.165, 1.54) is 0 Å². The van der Waals surface area contributed by atoms with Crippen LogP contribution in [0.2, 0.25) is 0 Å². The number of aryl methyl sites for hydroxylation is 1. The molecule has 0 bridgehead atoms. The van der Waals surface area contributed by atoms with Crippen molar-refractivity contribution in [1.82, 2.24) is 10.1 Å². The SMILES string of the molecule is Cc1noc(-c2ccccc2N=C(N)N=C(N)N)n1. The minimum atomic E-state index is -0.160. The number of hydrogen-bond acceptors (Lipinski definition) is 4. The molecule has 0 saturated carbocycles. The minimum absolute atomic E-state index is 0.0521. The highest BCUT2D eigenvalue weighted by Crippen LogP contribution is 2.28. The van der Waals surface area contributed by atoms with Crippen LogP contribution < -0.4 is 17.2 Å². The highest BCUT2D eigenvalue weighted by atomic mass is 16.5. The van der Waals surface area contributed by atoms with Gasteiger partial charge in [0.15, 0.2) is 11.8 Å². The van der Waals surface area contributed by atoms with Gasteiger partial charge in [-0.15, -0.1) is 0 Å². The molecule has 8 nitrogen and oxygen atoms in total. The Morgan fingerprint density at radius 2 is 1.95 bits per heavy atom. The molecule has 98 valence electrons. The largest absolute Gasteiger partial charge is 0.370 e. The predicted molar refractivity (Wildman–Crippen MR) is 71.6 cm³/mol. The van der Waals surface area contributed by atoms with Crippen LogP contribution in [0.5, 0.6) is 0 Å². The van der Waals surface area contributed by atoms with Crippen LogP contribution in [0.15, 0.2) is 38.8 Å². The number of rotatable bonds is 2. The first kappa shape index (κ1) is 12.6. The van der Waals surface area contributed by atoms with Gasteiger partial charge in [-0.05, 0) is 19.1 Å². The maximum atomic E-state index is 5.59. The molecule has 19 heavy (non-hydrogen) atoms. The molecule has 0 spiro atoms. The van der Waals surface area contributed by atoms with Crippen LogP contribution in [0.3, 0.4) is 0 Å². The summed E-state index contributed by atoms with van der Waals surface area (Å²) in [6, 6.07) is 7.15. The molecule has 0 unspecified atom stereocenters. The van der Waals surface area contributed by atoms with Crippen molar-refractivity contribution in [3.63, 3.8) is 0 Å². The normalized spacial score (nSPS) is 11.3. The van der Waals surface area contributed by atoms with Crippen molar-refractivity contribution >= 4 is 17.6 Å². The Bertz CT molecular complexity index is 640. The third kappa shape index (κ3) is 3.06. The van der Waals surface area contributed by atoms with Gasteiger partial charge in [-0.1, -0.05) is 17.3 Å². The highest BCUT2D eigenvalue weighted by Gasteiger charge is 2.10. The summed E-state index contributed by atoms with van der Waals surface area (Å²) in [6.07, 6.45) is 0. The molecule has 2 rings (SSSR count).